The fraction of sp³-hybridized carbons (Fsp3) is 0.571. The molecule has 3 rings (SSSR count). The van der Waals surface area contributed by atoms with Crippen molar-refractivity contribution in [3.63, 3.8) is 0 Å². The molecule has 0 radical (unpaired) electrons. The Morgan fingerprint density at radius 1 is 1.31 bits per heavy atom. The molecule has 2 nitrogen and oxygen atoms in total. The predicted octanol–water partition coefficient (Wildman–Crippen LogP) is 2.26. The van der Waals surface area contributed by atoms with Gasteiger partial charge >= 0.3 is 0 Å². The van der Waals surface area contributed by atoms with Crippen molar-refractivity contribution >= 4 is 0 Å². The molecule has 0 saturated heterocycles. The van der Waals surface area contributed by atoms with E-state index in [2.05, 4.69) is 24.4 Å². The van der Waals surface area contributed by atoms with E-state index in [0.29, 0.717) is 5.92 Å². The van der Waals surface area contributed by atoms with Crippen LogP contribution >= 0.6 is 0 Å². The molecule has 1 aromatic rings. The summed E-state index contributed by atoms with van der Waals surface area (Å²) >= 11 is 0. The Morgan fingerprint density at radius 2 is 2.19 bits per heavy atom. The van der Waals surface area contributed by atoms with Crippen molar-refractivity contribution in [1.29, 1.82) is 0 Å². The molecule has 1 aromatic carbocycles. The minimum atomic E-state index is 0.628. The van der Waals surface area contributed by atoms with Gasteiger partial charge in [-0.1, -0.05) is 13.0 Å². The van der Waals surface area contributed by atoms with Gasteiger partial charge in [0, 0.05) is 11.5 Å². The molecular formula is C14H19NO. The summed E-state index contributed by atoms with van der Waals surface area (Å²) in [6, 6.07) is 4.44. The first-order valence-corrected chi connectivity index (χ1v) is 6.38. The fourth-order valence-electron chi connectivity index (χ4n) is 2.95. The average Bonchev–Trinajstić information content (AvgIpc) is 2.58. The zero-order valence-corrected chi connectivity index (χ0v) is 9.88. The second kappa shape index (κ2) is 4.10. The van der Waals surface area contributed by atoms with Crippen molar-refractivity contribution in [2.75, 3.05) is 19.7 Å². The Kier molecular flexibility index (Phi) is 2.60. The van der Waals surface area contributed by atoms with Gasteiger partial charge in [-0.25, -0.2) is 0 Å². The van der Waals surface area contributed by atoms with E-state index in [1.807, 2.05) is 0 Å². The molecule has 16 heavy (non-hydrogen) atoms. The lowest BCUT2D eigenvalue weighted by Crippen LogP contribution is -2.16. The number of rotatable bonds is 1. The zero-order valence-electron chi connectivity index (χ0n) is 9.88. The monoisotopic (exact) mass is 217 g/mol. The topological polar surface area (TPSA) is 21.3 Å². The number of hydrogen-bond donors (Lipinski definition) is 1. The molecule has 86 valence electrons. The Morgan fingerprint density at radius 3 is 3.06 bits per heavy atom. The third-order valence-electron chi connectivity index (χ3n) is 3.88. The maximum atomic E-state index is 5.79. The molecule has 2 heteroatoms. The molecule has 0 fully saturated rings. The molecule has 2 heterocycles. The van der Waals surface area contributed by atoms with E-state index < -0.39 is 0 Å². The van der Waals surface area contributed by atoms with Crippen LogP contribution in [0.15, 0.2) is 12.1 Å². The largest absolute Gasteiger partial charge is 0.493 e. The van der Waals surface area contributed by atoms with E-state index in [-0.39, 0.29) is 0 Å². The van der Waals surface area contributed by atoms with Crippen LogP contribution in [0.25, 0.3) is 0 Å². The summed E-state index contributed by atoms with van der Waals surface area (Å²) in [6.07, 6.45) is 3.52. The number of ether oxygens (including phenoxy) is 1. The average molecular weight is 217 g/mol. The van der Waals surface area contributed by atoms with Crippen LogP contribution < -0.4 is 10.1 Å². The van der Waals surface area contributed by atoms with Crippen molar-refractivity contribution in [2.24, 2.45) is 0 Å². The number of benzene rings is 1. The summed E-state index contributed by atoms with van der Waals surface area (Å²) in [4.78, 5) is 0. The Balaban J connectivity index is 2.09. The third-order valence-corrected chi connectivity index (χ3v) is 3.88. The van der Waals surface area contributed by atoms with Crippen molar-refractivity contribution in [2.45, 2.75) is 32.1 Å². The van der Waals surface area contributed by atoms with Crippen LogP contribution in [0.5, 0.6) is 5.75 Å². The van der Waals surface area contributed by atoms with E-state index in [9.17, 15) is 0 Å². The SMILES string of the molecule is CCC1COc2ccc3c(c21)CCNCC3. The minimum absolute atomic E-state index is 0.628. The molecule has 0 saturated carbocycles. The maximum Gasteiger partial charge on any atom is 0.123 e. The van der Waals surface area contributed by atoms with Crippen LogP contribution in [0, 0.1) is 0 Å². The third kappa shape index (κ3) is 1.52. The first kappa shape index (κ1) is 10.2. The van der Waals surface area contributed by atoms with Crippen LogP contribution in [0.2, 0.25) is 0 Å². The van der Waals surface area contributed by atoms with Gasteiger partial charge in [0.1, 0.15) is 5.75 Å². The molecule has 1 atom stereocenters. The van der Waals surface area contributed by atoms with Crippen molar-refractivity contribution in [1.82, 2.24) is 5.32 Å². The smallest absolute Gasteiger partial charge is 0.123 e. The van der Waals surface area contributed by atoms with Gasteiger partial charge in [0.2, 0.25) is 0 Å². The quantitative estimate of drug-likeness (QED) is 0.779. The lowest BCUT2D eigenvalue weighted by atomic mass is 9.89. The molecule has 0 bridgehead atoms. The summed E-state index contributed by atoms with van der Waals surface area (Å²) in [6.45, 7) is 5.37. The molecule has 2 aliphatic rings. The number of hydrogen-bond acceptors (Lipinski definition) is 2. The van der Waals surface area contributed by atoms with E-state index in [4.69, 9.17) is 4.74 Å². The van der Waals surface area contributed by atoms with Gasteiger partial charge in [-0.15, -0.1) is 0 Å². The summed E-state index contributed by atoms with van der Waals surface area (Å²) in [5, 5.41) is 3.48. The first-order chi connectivity index (χ1) is 7.90. The van der Waals surface area contributed by atoms with E-state index >= 15 is 0 Å². The Bertz CT molecular complexity index is 400. The lowest BCUT2D eigenvalue weighted by molar-refractivity contribution is 0.328. The highest BCUT2D eigenvalue weighted by molar-refractivity contribution is 5.50. The van der Waals surface area contributed by atoms with Gasteiger partial charge in [0.05, 0.1) is 6.61 Å². The van der Waals surface area contributed by atoms with Gasteiger partial charge in [0.15, 0.2) is 0 Å². The molecule has 0 amide bonds. The summed E-state index contributed by atoms with van der Waals surface area (Å²) in [7, 11) is 0. The van der Waals surface area contributed by atoms with Gasteiger partial charge in [-0.2, -0.15) is 0 Å². The second-order valence-electron chi connectivity index (χ2n) is 4.78. The van der Waals surface area contributed by atoms with Gasteiger partial charge < -0.3 is 10.1 Å². The second-order valence-corrected chi connectivity index (χ2v) is 4.78. The summed E-state index contributed by atoms with van der Waals surface area (Å²) in [5.41, 5.74) is 4.63. The predicted molar refractivity (Wildman–Crippen MR) is 65.2 cm³/mol. The number of fused-ring (bicyclic) bond motifs is 3. The van der Waals surface area contributed by atoms with Gasteiger partial charge in [-0.05, 0) is 49.5 Å². The number of nitrogens with one attached hydrogen (secondary N) is 1. The summed E-state index contributed by atoms with van der Waals surface area (Å²) in [5.74, 6) is 1.77. The molecule has 1 unspecified atom stereocenters. The summed E-state index contributed by atoms with van der Waals surface area (Å²) < 4.78 is 5.79. The van der Waals surface area contributed by atoms with E-state index in [0.717, 1.165) is 25.4 Å². The van der Waals surface area contributed by atoms with Crippen LogP contribution in [0.4, 0.5) is 0 Å². The lowest BCUT2D eigenvalue weighted by Gasteiger charge is -2.13. The maximum absolute atomic E-state index is 5.79. The first-order valence-electron chi connectivity index (χ1n) is 6.38. The van der Waals surface area contributed by atoms with Gasteiger partial charge in [-0.3, -0.25) is 0 Å². The molecule has 0 spiro atoms. The highest BCUT2D eigenvalue weighted by atomic mass is 16.5. The van der Waals surface area contributed by atoms with Crippen LogP contribution in [-0.4, -0.2) is 19.7 Å². The molecule has 0 aromatic heterocycles. The zero-order chi connectivity index (χ0) is 11.0. The van der Waals surface area contributed by atoms with Crippen molar-refractivity contribution in [3.8, 4) is 5.75 Å². The normalized spacial score (nSPS) is 23.2. The fourth-order valence-corrected chi connectivity index (χ4v) is 2.95. The Hall–Kier alpha value is -1.02. The minimum Gasteiger partial charge on any atom is -0.493 e. The van der Waals surface area contributed by atoms with Crippen LogP contribution in [0.1, 0.15) is 36.0 Å². The molecule has 1 N–H and O–H groups in total. The highest BCUT2D eigenvalue weighted by Crippen LogP contribution is 2.40. The standard InChI is InChI=1S/C14H19NO/c1-2-10-9-16-13-4-3-11-5-7-15-8-6-12(11)14(10)13/h3-4,10,15H,2,5-9H2,1H3. The van der Waals surface area contributed by atoms with Crippen molar-refractivity contribution < 1.29 is 4.74 Å². The molecular weight excluding hydrogens is 198 g/mol. The molecule has 0 aliphatic carbocycles. The van der Waals surface area contributed by atoms with Gasteiger partial charge in [0.25, 0.3) is 0 Å². The van der Waals surface area contributed by atoms with E-state index in [1.165, 1.54) is 30.4 Å². The Labute approximate surface area is 97.0 Å². The highest BCUT2D eigenvalue weighted by Gasteiger charge is 2.27. The van der Waals surface area contributed by atoms with E-state index in [1.54, 1.807) is 5.56 Å². The van der Waals surface area contributed by atoms with Crippen LogP contribution in [0.3, 0.4) is 0 Å². The van der Waals surface area contributed by atoms with Crippen LogP contribution in [-0.2, 0) is 12.8 Å². The molecule has 2 aliphatic heterocycles. The van der Waals surface area contributed by atoms with Crippen molar-refractivity contribution in [3.05, 3.63) is 28.8 Å².